The van der Waals surface area contributed by atoms with Crippen molar-refractivity contribution < 1.29 is 13.6 Å². The summed E-state index contributed by atoms with van der Waals surface area (Å²) in [5.74, 6) is -2.33. The minimum atomic E-state index is -0.989. The van der Waals surface area contributed by atoms with Crippen molar-refractivity contribution in [3.05, 3.63) is 71.3 Å². The molecule has 21 heavy (non-hydrogen) atoms. The van der Waals surface area contributed by atoms with Gasteiger partial charge in [0.25, 0.3) is 0 Å². The summed E-state index contributed by atoms with van der Waals surface area (Å²) in [7, 11) is 0. The predicted molar refractivity (Wildman–Crippen MR) is 79.3 cm³/mol. The zero-order valence-electron chi connectivity index (χ0n) is 12.1. The predicted octanol–water partition coefficient (Wildman–Crippen LogP) is 4.98. The third kappa shape index (κ3) is 3.35. The first-order chi connectivity index (χ1) is 10.0. The lowest BCUT2D eigenvalue weighted by Gasteiger charge is -2.22. The highest BCUT2D eigenvalue weighted by Gasteiger charge is 2.27. The number of rotatable bonds is 5. The molecule has 0 aliphatic heterocycles. The van der Waals surface area contributed by atoms with Crippen molar-refractivity contribution in [2.45, 2.75) is 26.2 Å². The normalized spacial score (nSPS) is 13.7. The van der Waals surface area contributed by atoms with Crippen LogP contribution in [0.2, 0.25) is 0 Å². The summed E-state index contributed by atoms with van der Waals surface area (Å²) >= 11 is 0. The number of hydrogen-bond acceptors (Lipinski definition) is 1. The monoisotopic (exact) mass is 288 g/mol. The highest BCUT2D eigenvalue weighted by atomic mass is 19.2. The SMILES string of the molecule is CCC(C)C(C(=O)c1ccc(F)c(F)c1)c1ccccc1. The Morgan fingerprint density at radius 3 is 2.29 bits per heavy atom. The van der Waals surface area contributed by atoms with Gasteiger partial charge in [0.2, 0.25) is 0 Å². The fourth-order valence-electron chi connectivity index (χ4n) is 2.46. The van der Waals surface area contributed by atoms with Gasteiger partial charge in [-0.2, -0.15) is 0 Å². The van der Waals surface area contributed by atoms with Gasteiger partial charge in [-0.15, -0.1) is 0 Å². The van der Waals surface area contributed by atoms with Crippen molar-refractivity contribution in [2.75, 3.05) is 0 Å². The van der Waals surface area contributed by atoms with E-state index in [1.807, 2.05) is 44.2 Å². The van der Waals surface area contributed by atoms with Gasteiger partial charge in [-0.1, -0.05) is 50.6 Å². The lowest BCUT2D eigenvalue weighted by molar-refractivity contribution is 0.0931. The van der Waals surface area contributed by atoms with Crippen LogP contribution in [-0.2, 0) is 0 Å². The Morgan fingerprint density at radius 2 is 1.71 bits per heavy atom. The van der Waals surface area contributed by atoms with Crippen LogP contribution in [-0.4, -0.2) is 5.78 Å². The second-order valence-corrected chi connectivity index (χ2v) is 5.27. The van der Waals surface area contributed by atoms with Crippen LogP contribution in [0.5, 0.6) is 0 Å². The van der Waals surface area contributed by atoms with E-state index in [1.54, 1.807) is 0 Å². The van der Waals surface area contributed by atoms with E-state index in [1.165, 1.54) is 6.07 Å². The molecule has 2 atom stereocenters. The minimum Gasteiger partial charge on any atom is -0.293 e. The van der Waals surface area contributed by atoms with E-state index in [0.29, 0.717) is 0 Å². The third-order valence-corrected chi connectivity index (χ3v) is 3.86. The second-order valence-electron chi connectivity index (χ2n) is 5.27. The molecular weight excluding hydrogens is 270 g/mol. The number of benzene rings is 2. The molecule has 0 aromatic heterocycles. The number of Topliss-reactive ketones (excluding diaryl/α,β-unsaturated/α-hetero) is 1. The highest BCUT2D eigenvalue weighted by molar-refractivity contribution is 6.01. The third-order valence-electron chi connectivity index (χ3n) is 3.86. The van der Waals surface area contributed by atoms with Crippen molar-refractivity contribution in [3.8, 4) is 0 Å². The lowest BCUT2D eigenvalue weighted by Crippen LogP contribution is -2.20. The molecule has 0 radical (unpaired) electrons. The average molecular weight is 288 g/mol. The van der Waals surface area contributed by atoms with E-state index in [-0.39, 0.29) is 23.2 Å². The van der Waals surface area contributed by atoms with Crippen molar-refractivity contribution in [1.29, 1.82) is 0 Å². The molecule has 2 unspecified atom stereocenters. The first-order valence-electron chi connectivity index (χ1n) is 7.08. The molecule has 0 amide bonds. The molecule has 0 spiro atoms. The van der Waals surface area contributed by atoms with Crippen LogP contribution in [0.1, 0.15) is 42.1 Å². The van der Waals surface area contributed by atoms with Crippen molar-refractivity contribution >= 4 is 5.78 Å². The molecule has 0 bridgehead atoms. The number of carbonyl (C=O) groups excluding carboxylic acids is 1. The molecule has 2 aromatic rings. The van der Waals surface area contributed by atoms with E-state index in [0.717, 1.165) is 24.1 Å². The molecule has 2 rings (SSSR count). The quantitative estimate of drug-likeness (QED) is 0.709. The summed E-state index contributed by atoms with van der Waals surface area (Å²) in [6, 6.07) is 12.8. The Kier molecular flexibility index (Phi) is 4.84. The number of hydrogen-bond donors (Lipinski definition) is 0. The Morgan fingerprint density at radius 1 is 1.05 bits per heavy atom. The van der Waals surface area contributed by atoms with Crippen LogP contribution < -0.4 is 0 Å². The van der Waals surface area contributed by atoms with Crippen LogP contribution in [0.25, 0.3) is 0 Å². The standard InChI is InChI=1S/C18H18F2O/c1-3-12(2)17(13-7-5-4-6-8-13)18(21)14-9-10-15(19)16(20)11-14/h4-12,17H,3H2,1-2H3. The van der Waals surface area contributed by atoms with Gasteiger partial charge in [0.15, 0.2) is 17.4 Å². The van der Waals surface area contributed by atoms with Gasteiger partial charge in [0.05, 0.1) is 0 Å². The summed E-state index contributed by atoms with van der Waals surface area (Å²) in [5.41, 5.74) is 1.12. The molecule has 3 heteroatoms. The maximum absolute atomic E-state index is 13.4. The van der Waals surface area contributed by atoms with E-state index in [9.17, 15) is 13.6 Å². The average Bonchev–Trinajstić information content (AvgIpc) is 2.51. The molecule has 0 aliphatic carbocycles. The van der Waals surface area contributed by atoms with Crippen molar-refractivity contribution in [3.63, 3.8) is 0 Å². The van der Waals surface area contributed by atoms with Gasteiger partial charge in [-0.05, 0) is 29.7 Å². The van der Waals surface area contributed by atoms with Crippen LogP contribution in [0.4, 0.5) is 8.78 Å². The van der Waals surface area contributed by atoms with Gasteiger partial charge in [-0.3, -0.25) is 4.79 Å². The Bertz CT molecular complexity index is 622. The molecule has 0 saturated heterocycles. The lowest BCUT2D eigenvalue weighted by atomic mass is 9.80. The maximum atomic E-state index is 13.4. The molecule has 2 aromatic carbocycles. The van der Waals surface area contributed by atoms with Crippen LogP contribution in [0.15, 0.2) is 48.5 Å². The van der Waals surface area contributed by atoms with E-state index in [4.69, 9.17) is 0 Å². The van der Waals surface area contributed by atoms with Gasteiger partial charge in [-0.25, -0.2) is 8.78 Å². The zero-order chi connectivity index (χ0) is 15.4. The highest BCUT2D eigenvalue weighted by Crippen LogP contribution is 2.30. The molecule has 0 fully saturated rings. The first-order valence-corrected chi connectivity index (χ1v) is 7.08. The van der Waals surface area contributed by atoms with Gasteiger partial charge < -0.3 is 0 Å². The Hall–Kier alpha value is -2.03. The van der Waals surface area contributed by atoms with E-state index >= 15 is 0 Å². The summed E-state index contributed by atoms with van der Waals surface area (Å²) in [6.45, 7) is 4.01. The van der Waals surface area contributed by atoms with Gasteiger partial charge in [0.1, 0.15) is 0 Å². The summed E-state index contributed by atoms with van der Waals surface area (Å²) in [5, 5.41) is 0. The molecule has 0 N–H and O–H groups in total. The maximum Gasteiger partial charge on any atom is 0.170 e. The van der Waals surface area contributed by atoms with E-state index < -0.39 is 11.6 Å². The molecule has 0 saturated carbocycles. The van der Waals surface area contributed by atoms with Crippen LogP contribution in [0.3, 0.4) is 0 Å². The van der Waals surface area contributed by atoms with Gasteiger partial charge >= 0.3 is 0 Å². The van der Waals surface area contributed by atoms with Crippen LogP contribution >= 0.6 is 0 Å². The molecule has 0 aliphatic rings. The molecular formula is C18H18F2O. The summed E-state index contributed by atoms with van der Waals surface area (Å²) in [6.07, 6.45) is 0.828. The second kappa shape index (κ2) is 6.61. The molecule has 1 nitrogen and oxygen atoms in total. The molecule has 110 valence electrons. The minimum absolute atomic E-state index is 0.119. The number of carbonyl (C=O) groups is 1. The summed E-state index contributed by atoms with van der Waals surface area (Å²) in [4.78, 5) is 12.7. The summed E-state index contributed by atoms with van der Waals surface area (Å²) < 4.78 is 26.4. The zero-order valence-corrected chi connectivity index (χ0v) is 12.1. The largest absolute Gasteiger partial charge is 0.293 e. The van der Waals surface area contributed by atoms with Crippen molar-refractivity contribution in [2.24, 2.45) is 5.92 Å². The Balaban J connectivity index is 2.41. The smallest absolute Gasteiger partial charge is 0.170 e. The topological polar surface area (TPSA) is 17.1 Å². The first kappa shape index (κ1) is 15.4. The number of halogens is 2. The van der Waals surface area contributed by atoms with Gasteiger partial charge in [0, 0.05) is 11.5 Å². The Labute approximate surface area is 123 Å². The fraction of sp³-hybridized carbons (Fsp3) is 0.278. The fourth-order valence-corrected chi connectivity index (χ4v) is 2.46. The van der Waals surface area contributed by atoms with Crippen molar-refractivity contribution in [1.82, 2.24) is 0 Å². The van der Waals surface area contributed by atoms with E-state index in [2.05, 4.69) is 0 Å². The molecule has 0 heterocycles. The van der Waals surface area contributed by atoms with Crippen LogP contribution in [0, 0.1) is 17.6 Å². The number of ketones is 1.